The van der Waals surface area contributed by atoms with Gasteiger partial charge in [0.05, 0.1) is 25.1 Å². The van der Waals surface area contributed by atoms with Crippen LogP contribution in [0.2, 0.25) is 0 Å². The summed E-state index contributed by atoms with van der Waals surface area (Å²) in [6.07, 6.45) is 7.85. The van der Waals surface area contributed by atoms with Gasteiger partial charge in [0.2, 0.25) is 0 Å². The van der Waals surface area contributed by atoms with Crippen molar-refractivity contribution in [2.24, 2.45) is 0 Å². The lowest BCUT2D eigenvalue weighted by molar-refractivity contribution is -0.177. The van der Waals surface area contributed by atoms with E-state index in [9.17, 15) is 0 Å². The highest BCUT2D eigenvalue weighted by Crippen LogP contribution is 2.36. The lowest BCUT2D eigenvalue weighted by atomic mass is 9.90. The fourth-order valence-electron chi connectivity index (χ4n) is 2.55. The van der Waals surface area contributed by atoms with Gasteiger partial charge in [0.15, 0.2) is 5.79 Å². The van der Waals surface area contributed by atoms with E-state index in [2.05, 4.69) is 15.5 Å². The van der Waals surface area contributed by atoms with Crippen LogP contribution in [-0.4, -0.2) is 35.2 Å². The van der Waals surface area contributed by atoms with Crippen molar-refractivity contribution in [2.75, 3.05) is 18.5 Å². The number of nitrogens with zero attached hydrogens (tertiary/aromatic N) is 1. The zero-order valence-corrected chi connectivity index (χ0v) is 9.24. The number of ether oxygens (including phenoxy) is 2. The standard InChI is InChI=1S/C11H17N3O2/c1-3-11(15-5-6-16-11)4-2-9(1)14-10-7-12-13-8-10/h7-9,14H,1-6H2,(H,12,13). The number of H-pyrrole nitrogens is 1. The molecule has 0 radical (unpaired) electrons. The van der Waals surface area contributed by atoms with Gasteiger partial charge in [-0.05, 0) is 12.8 Å². The molecule has 16 heavy (non-hydrogen) atoms. The Balaban J connectivity index is 1.54. The van der Waals surface area contributed by atoms with Crippen LogP contribution < -0.4 is 5.32 Å². The maximum absolute atomic E-state index is 5.70. The number of nitrogens with one attached hydrogen (secondary N) is 2. The Kier molecular flexibility index (Phi) is 2.57. The monoisotopic (exact) mass is 223 g/mol. The van der Waals surface area contributed by atoms with Crippen molar-refractivity contribution in [3.05, 3.63) is 12.4 Å². The molecule has 1 aliphatic heterocycles. The fourth-order valence-corrected chi connectivity index (χ4v) is 2.55. The second kappa shape index (κ2) is 4.07. The summed E-state index contributed by atoms with van der Waals surface area (Å²) in [4.78, 5) is 0. The summed E-state index contributed by atoms with van der Waals surface area (Å²) < 4.78 is 11.4. The van der Waals surface area contributed by atoms with E-state index in [0.29, 0.717) is 6.04 Å². The number of anilines is 1. The van der Waals surface area contributed by atoms with E-state index < -0.39 is 0 Å². The molecule has 3 rings (SSSR count). The first-order chi connectivity index (χ1) is 7.86. The van der Waals surface area contributed by atoms with Crippen molar-refractivity contribution in [3.8, 4) is 0 Å². The number of hydrogen-bond acceptors (Lipinski definition) is 4. The highest BCUT2D eigenvalue weighted by Gasteiger charge is 2.40. The van der Waals surface area contributed by atoms with Crippen molar-refractivity contribution in [2.45, 2.75) is 37.5 Å². The van der Waals surface area contributed by atoms with Crippen LogP contribution in [0, 0.1) is 0 Å². The topological polar surface area (TPSA) is 59.2 Å². The van der Waals surface area contributed by atoms with Gasteiger partial charge in [0.25, 0.3) is 0 Å². The van der Waals surface area contributed by atoms with Crippen molar-refractivity contribution in [3.63, 3.8) is 0 Å². The maximum Gasteiger partial charge on any atom is 0.168 e. The van der Waals surface area contributed by atoms with E-state index in [0.717, 1.165) is 44.6 Å². The third-order valence-electron chi connectivity index (χ3n) is 3.43. The van der Waals surface area contributed by atoms with Crippen LogP contribution in [0.15, 0.2) is 12.4 Å². The molecule has 1 saturated heterocycles. The molecule has 1 saturated carbocycles. The Morgan fingerprint density at radius 3 is 2.69 bits per heavy atom. The summed E-state index contributed by atoms with van der Waals surface area (Å²) in [6.45, 7) is 1.50. The van der Waals surface area contributed by atoms with Gasteiger partial charge in [-0.25, -0.2) is 0 Å². The first-order valence-corrected chi connectivity index (χ1v) is 5.90. The third kappa shape index (κ3) is 1.92. The highest BCUT2D eigenvalue weighted by molar-refractivity contribution is 5.38. The molecule has 1 aromatic rings. The smallest absolute Gasteiger partial charge is 0.168 e. The molecule has 2 aliphatic rings. The van der Waals surface area contributed by atoms with Crippen LogP contribution in [0.5, 0.6) is 0 Å². The van der Waals surface area contributed by atoms with E-state index in [4.69, 9.17) is 9.47 Å². The molecule has 2 fully saturated rings. The van der Waals surface area contributed by atoms with Crippen LogP contribution in [0.25, 0.3) is 0 Å². The lowest BCUT2D eigenvalue weighted by Gasteiger charge is -2.35. The fraction of sp³-hybridized carbons (Fsp3) is 0.727. The third-order valence-corrected chi connectivity index (χ3v) is 3.43. The Bertz CT molecular complexity index is 323. The molecular weight excluding hydrogens is 206 g/mol. The van der Waals surface area contributed by atoms with Gasteiger partial charge in [-0.15, -0.1) is 0 Å². The normalized spacial score (nSPS) is 25.0. The van der Waals surface area contributed by atoms with Crippen LogP contribution in [0.3, 0.4) is 0 Å². The SMILES string of the molecule is c1n[nH]cc1NC1CCC2(CC1)OCCO2. The van der Waals surface area contributed by atoms with E-state index in [1.54, 1.807) is 0 Å². The molecule has 0 unspecified atom stereocenters. The van der Waals surface area contributed by atoms with Crippen molar-refractivity contribution in [1.82, 2.24) is 10.2 Å². The van der Waals surface area contributed by atoms with Crippen LogP contribution >= 0.6 is 0 Å². The average Bonchev–Trinajstić information content (AvgIpc) is 2.94. The molecule has 0 bridgehead atoms. The van der Waals surface area contributed by atoms with E-state index in [1.807, 2.05) is 12.4 Å². The van der Waals surface area contributed by atoms with Crippen molar-refractivity contribution >= 4 is 5.69 Å². The molecular formula is C11H17N3O2. The summed E-state index contributed by atoms with van der Waals surface area (Å²) >= 11 is 0. The van der Waals surface area contributed by atoms with Gasteiger partial charge in [-0.3, -0.25) is 5.10 Å². The maximum atomic E-state index is 5.70. The second-order valence-corrected chi connectivity index (χ2v) is 4.51. The average molecular weight is 223 g/mol. The minimum absolute atomic E-state index is 0.255. The van der Waals surface area contributed by atoms with Gasteiger partial charge in [0, 0.05) is 25.1 Å². The predicted octanol–water partition coefficient (Wildman–Crippen LogP) is 1.51. The molecule has 0 amide bonds. The lowest BCUT2D eigenvalue weighted by Crippen LogP contribution is -2.39. The van der Waals surface area contributed by atoms with Gasteiger partial charge < -0.3 is 14.8 Å². The van der Waals surface area contributed by atoms with E-state index in [-0.39, 0.29) is 5.79 Å². The van der Waals surface area contributed by atoms with Crippen molar-refractivity contribution < 1.29 is 9.47 Å². The van der Waals surface area contributed by atoms with Gasteiger partial charge in [-0.1, -0.05) is 0 Å². The van der Waals surface area contributed by atoms with Crippen LogP contribution in [0.1, 0.15) is 25.7 Å². The molecule has 88 valence electrons. The number of aromatic nitrogens is 2. The summed E-state index contributed by atoms with van der Waals surface area (Å²) in [6, 6.07) is 0.510. The van der Waals surface area contributed by atoms with Crippen LogP contribution in [0.4, 0.5) is 5.69 Å². The summed E-state index contributed by atoms with van der Waals surface area (Å²) in [5, 5.41) is 10.2. The van der Waals surface area contributed by atoms with Gasteiger partial charge in [-0.2, -0.15) is 5.10 Å². The molecule has 1 aliphatic carbocycles. The molecule has 1 spiro atoms. The highest BCUT2D eigenvalue weighted by atomic mass is 16.7. The summed E-state index contributed by atoms with van der Waals surface area (Å²) in [5.74, 6) is -0.255. The number of rotatable bonds is 2. The number of aromatic amines is 1. The zero-order chi connectivity index (χ0) is 10.8. The van der Waals surface area contributed by atoms with Crippen LogP contribution in [-0.2, 0) is 9.47 Å². The molecule has 2 heterocycles. The van der Waals surface area contributed by atoms with E-state index in [1.165, 1.54) is 0 Å². The number of hydrogen-bond donors (Lipinski definition) is 2. The molecule has 1 aromatic heterocycles. The molecule has 5 nitrogen and oxygen atoms in total. The molecule has 5 heteroatoms. The Labute approximate surface area is 94.5 Å². The summed E-state index contributed by atoms with van der Waals surface area (Å²) in [5.41, 5.74) is 1.06. The largest absolute Gasteiger partial charge is 0.380 e. The first kappa shape index (κ1) is 10.1. The quantitative estimate of drug-likeness (QED) is 0.797. The first-order valence-electron chi connectivity index (χ1n) is 5.90. The molecule has 0 aromatic carbocycles. The minimum atomic E-state index is -0.255. The molecule has 2 N–H and O–H groups in total. The Hall–Kier alpha value is -1.07. The summed E-state index contributed by atoms with van der Waals surface area (Å²) in [7, 11) is 0. The molecule has 0 atom stereocenters. The van der Waals surface area contributed by atoms with Gasteiger partial charge >= 0.3 is 0 Å². The predicted molar refractivity (Wildman–Crippen MR) is 59.1 cm³/mol. The van der Waals surface area contributed by atoms with Gasteiger partial charge in [0.1, 0.15) is 0 Å². The van der Waals surface area contributed by atoms with Crippen molar-refractivity contribution in [1.29, 1.82) is 0 Å². The second-order valence-electron chi connectivity index (χ2n) is 4.51. The zero-order valence-electron chi connectivity index (χ0n) is 9.24. The van der Waals surface area contributed by atoms with E-state index >= 15 is 0 Å². The minimum Gasteiger partial charge on any atom is -0.380 e. The Morgan fingerprint density at radius 1 is 1.31 bits per heavy atom. The Morgan fingerprint density at radius 2 is 2.06 bits per heavy atom.